The van der Waals surface area contributed by atoms with E-state index in [1.165, 1.54) is 10.8 Å². The van der Waals surface area contributed by atoms with Crippen molar-refractivity contribution in [2.45, 2.75) is 12.6 Å². The highest BCUT2D eigenvalue weighted by atomic mass is 16.3. The molecule has 0 bridgehead atoms. The summed E-state index contributed by atoms with van der Waals surface area (Å²) < 4.78 is 11.8. The maximum atomic E-state index is 6.96. The van der Waals surface area contributed by atoms with Crippen LogP contribution in [0.3, 0.4) is 0 Å². The summed E-state index contributed by atoms with van der Waals surface area (Å²) in [5, 5.41) is 12.8. The van der Waals surface area contributed by atoms with Crippen LogP contribution in [-0.4, -0.2) is 20.8 Å². The highest BCUT2D eigenvalue weighted by molar-refractivity contribution is 6.32. The molecule has 1 aliphatic heterocycles. The lowest BCUT2D eigenvalue weighted by Crippen LogP contribution is -2.46. The van der Waals surface area contributed by atoms with Crippen LogP contribution in [0.1, 0.15) is 23.6 Å². The zero-order chi connectivity index (χ0) is 40.9. The number of hydrogen-bond donors (Lipinski definition) is 1. The molecule has 0 unspecified atom stereocenters. The molecule has 3 aromatic heterocycles. The molecule has 6 nitrogen and oxygen atoms in total. The Morgan fingerprint density at radius 2 is 1.18 bits per heavy atom. The maximum absolute atomic E-state index is 6.96. The number of aromatic nitrogens is 2. The van der Waals surface area contributed by atoms with Crippen LogP contribution in [0.15, 0.2) is 215 Å². The minimum absolute atomic E-state index is 0.666. The van der Waals surface area contributed by atoms with E-state index in [0.29, 0.717) is 5.84 Å². The van der Waals surface area contributed by atoms with Gasteiger partial charge in [-0.25, -0.2) is 9.98 Å². The normalized spacial score (nSPS) is 15.6. The summed E-state index contributed by atoms with van der Waals surface area (Å²) in [7, 11) is 0. The second-order valence-electron chi connectivity index (χ2n) is 16.4. The minimum Gasteiger partial charge on any atom is -0.455 e. The van der Waals surface area contributed by atoms with E-state index in [2.05, 4.69) is 191 Å². The number of rotatable bonds is 5. The van der Waals surface area contributed by atoms with Crippen LogP contribution in [0.25, 0.3) is 87.7 Å². The molecule has 0 amide bonds. The van der Waals surface area contributed by atoms with Gasteiger partial charge in [0, 0.05) is 54.8 Å². The van der Waals surface area contributed by atoms with Crippen molar-refractivity contribution in [3.05, 3.63) is 217 Å². The van der Waals surface area contributed by atoms with Crippen LogP contribution in [0.4, 0.5) is 0 Å². The third kappa shape index (κ3) is 5.04. The topological polar surface area (TPSA) is 59.8 Å². The number of aliphatic imine (C=N–C) groups is 2. The first-order chi connectivity index (χ1) is 30.6. The van der Waals surface area contributed by atoms with E-state index in [0.717, 1.165) is 99.5 Å². The molecule has 9 aromatic carbocycles. The van der Waals surface area contributed by atoms with Crippen molar-refractivity contribution in [1.82, 2.24) is 14.5 Å². The summed E-state index contributed by atoms with van der Waals surface area (Å²) in [5.74, 6) is 1.40. The van der Waals surface area contributed by atoms with Crippen LogP contribution in [0, 0.1) is 0 Å². The lowest BCUT2D eigenvalue weighted by Gasteiger charge is -2.33. The Kier molecular flexibility index (Phi) is 7.34. The SMILES string of the molecule is C[C@]1(c2ccccc2)N=C(c2ccccc2)N=C(c2cc3c4ccccc4oc3c3c4ccc5ccccc5c4n(-c4ccc5c(c4)c4ccccc4n5-c4ccccc4)c23)N1. The molecule has 0 saturated carbocycles. The molecule has 0 radical (unpaired) electrons. The molecule has 292 valence electrons. The van der Waals surface area contributed by atoms with Crippen LogP contribution >= 0.6 is 0 Å². The average molecular weight is 796 g/mol. The van der Waals surface area contributed by atoms with Gasteiger partial charge in [-0.2, -0.15) is 0 Å². The average Bonchev–Trinajstić information content (AvgIpc) is 4.00. The van der Waals surface area contributed by atoms with Gasteiger partial charge in [-0.05, 0) is 66.4 Å². The van der Waals surface area contributed by atoms with E-state index < -0.39 is 5.66 Å². The molecule has 1 aliphatic rings. The zero-order valence-corrected chi connectivity index (χ0v) is 33.7. The zero-order valence-electron chi connectivity index (χ0n) is 33.7. The summed E-state index contributed by atoms with van der Waals surface area (Å²) in [6, 6.07) is 70.9. The third-order valence-corrected chi connectivity index (χ3v) is 12.7. The lowest BCUT2D eigenvalue weighted by molar-refractivity contribution is 0.455. The number of para-hydroxylation sites is 3. The molecule has 6 heteroatoms. The van der Waals surface area contributed by atoms with Gasteiger partial charge in [0.15, 0.2) is 11.5 Å². The van der Waals surface area contributed by atoms with Gasteiger partial charge in [0.25, 0.3) is 0 Å². The van der Waals surface area contributed by atoms with Crippen LogP contribution in [0.5, 0.6) is 0 Å². The van der Waals surface area contributed by atoms with Gasteiger partial charge in [-0.1, -0.05) is 152 Å². The first-order valence-corrected chi connectivity index (χ1v) is 21.1. The Morgan fingerprint density at radius 1 is 0.500 bits per heavy atom. The predicted molar refractivity (Wildman–Crippen MR) is 256 cm³/mol. The Bertz CT molecular complexity index is 3840. The standard InChI is InChI=1S/C56H37N5O/c1-56(37-20-7-3-8-21-37)58-54(36-18-5-2-6-19-36)57-55(59-56)46-34-45-42-26-14-16-28-49(42)62-53(45)50-43-31-29-35-17-11-12-24-40(35)51(43)61(52(46)50)39-30-32-48-44(33-39)41-25-13-15-27-47(41)60(48)38-22-9-4-10-23-38/h2-34H,1H3,(H,57,58,59)/t56-/m0/s1. The van der Waals surface area contributed by atoms with Crippen LogP contribution < -0.4 is 5.32 Å². The Labute approximate surface area is 356 Å². The van der Waals surface area contributed by atoms with Gasteiger partial charge < -0.3 is 18.9 Å². The van der Waals surface area contributed by atoms with Crippen molar-refractivity contribution >= 4 is 88.0 Å². The van der Waals surface area contributed by atoms with Crippen molar-refractivity contribution in [2.75, 3.05) is 0 Å². The largest absolute Gasteiger partial charge is 0.455 e. The van der Waals surface area contributed by atoms with Gasteiger partial charge in [0.05, 0.1) is 27.5 Å². The number of amidine groups is 2. The number of furan rings is 1. The van der Waals surface area contributed by atoms with E-state index in [9.17, 15) is 0 Å². The molecule has 4 heterocycles. The van der Waals surface area contributed by atoms with E-state index in [1.807, 2.05) is 30.3 Å². The van der Waals surface area contributed by atoms with Gasteiger partial charge >= 0.3 is 0 Å². The summed E-state index contributed by atoms with van der Waals surface area (Å²) in [6.45, 7) is 2.14. The molecule has 13 rings (SSSR count). The number of benzene rings is 9. The summed E-state index contributed by atoms with van der Waals surface area (Å²) in [5.41, 5.74) is 10.4. The van der Waals surface area contributed by atoms with Crippen molar-refractivity contribution in [2.24, 2.45) is 9.98 Å². The number of nitrogens with one attached hydrogen (secondary N) is 1. The van der Waals surface area contributed by atoms with Crippen molar-refractivity contribution in [3.8, 4) is 11.4 Å². The molecule has 62 heavy (non-hydrogen) atoms. The number of fused-ring (bicyclic) bond motifs is 12. The quantitative estimate of drug-likeness (QED) is 0.189. The smallest absolute Gasteiger partial charge is 0.159 e. The van der Waals surface area contributed by atoms with Gasteiger partial charge in [0.1, 0.15) is 17.0 Å². The van der Waals surface area contributed by atoms with E-state index in [1.54, 1.807) is 0 Å². The van der Waals surface area contributed by atoms with Crippen molar-refractivity contribution in [3.63, 3.8) is 0 Å². The molecule has 0 spiro atoms. The third-order valence-electron chi connectivity index (χ3n) is 12.7. The van der Waals surface area contributed by atoms with E-state index >= 15 is 0 Å². The van der Waals surface area contributed by atoms with E-state index in [4.69, 9.17) is 14.4 Å². The molecule has 0 fully saturated rings. The molecule has 12 aromatic rings. The first kappa shape index (κ1) is 34.6. The van der Waals surface area contributed by atoms with Crippen molar-refractivity contribution < 1.29 is 4.42 Å². The van der Waals surface area contributed by atoms with Crippen molar-refractivity contribution in [1.29, 1.82) is 0 Å². The summed E-state index contributed by atoms with van der Waals surface area (Å²) >= 11 is 0. The molecule has 1 N–H and O–H groups in total. The Morgan fingerprint density at radius 3 is 2.00 bits per heavy atom. The Balaban J connectivity index is 1.20. The van der Waals surface area contributed by atoms with E-state index in [-0.39, 0.29) is 0 Å². The maximum Gasteiger partial charge on any atom is 0.159 e. The molecule has 0 saturated heterocycles. The van der Waals surface area contributed by atoms with Gasteiger partial charge in [-0.3, -0.25) is 0 Å². The highest BCUT2D eigenvalue weighted by Crippen LogP contribution is 2.46. The highest BCUT2D eigenvalue weighted by Gasteiger charge is 2.34. The molecule has 0 aliphatic carbocycles. The number of nitrogens with zero attached hydrogens (tertiary/aromatic N) is 4. The van der Waals surface area contributed by atoms with Gasteiger partial charge in [0.2, 0.25) is 0 Å². The van der Waals surface area contributed by atoms with Crippen LogP contribution in [-0.2, 0) is 5.66 Å². The van der Waals surface area contributed by atoms with Crippen LogP contribution in [0.2, 0.25) is 0 Å². The molecular weight excluding hydrogens is 759 g/mol. The number of hydrogen-bond acceptors (Lipinski definition) is 4. The Hall–Kier alpha value is -8.22. The fourth-order valence-electron chi connectivity index (χ4n) is 9.91. The predicted octanol–water partition coefficient (Wildman–Crippen LogP) is 13.6. The summed E-state index contributed by atoms with van der Waals surface area (Å²) in [6.07, 6.45) is 0. The fraction of sp³-hybridized carbons (Fsp3) is 0.0357. The second kappa shape index (κ2) is 13.1. The summed E-state index contributed by atoms with van der Waals surface area (Å²) in [4.78, 5) is 10.8. The minimum atomic E-state index is -0.828. The molecular formula is C56H37N5O. The lowest BCUT2D eigenvalue weighted by atomic mass is 9.97. The second-order valence-corrected chi connectivity index (χ2v) is 16.4. The molecule has 1 atom stereocenters. The monoisotopic (exact) mass is 795 g/mol. The van der Waals surface area contributed by atoms with Gasteiger partial charge in [-0.15, -0.1) is 0 Å². The fourth-order valence-corrected chi connectivity index (χ4v) is 9.91. The first-order valence-electron chi connectivity index (χ1n) is 21.1.